The minimum Gasteiger partial charge on any atom is -0.375 e. The number of epoxide rings is 1. The van der Waals surface area contributed by atoms with Crippen molar-refractivity contribution in [1.29, 1.82) is 0 Å². The molecule has 2 nitrogen and oxygen atoms in total. The summed E-state index contributed by atoms with van der Waals surface area (Å²) in [6.45, 7) is 4.59. The lowest BCUT2D eigenvalue weighted by Gasteiger charge is -1.95. The Morgan fingerprint density at radius 2 is 2.33 bits per heavy atom. The summed E-state index contributed by atoms with van der Waals surface area (Å²) in [4.78, 5) is 0. The highest BCUT2D eigenvalue weighted by Gasteiger charge is 2.21. The lowest BCUT2D eigenvalue weighted by Crippen LogP contribution is -2.00. The van der Waals surface area contributed by atoms with E-state index in [0.717, 1.165) is 19.8 Å². The molecule has 1 atom stereocenters. The minimum atomic E-state index is 0.397. The van der Waals surface area contributed by atoms with E-state index >= 15 is 0 Å². The number of ether oxygens (including phenoxy) is 2. The first-order valence-corrected chi connectivity index (χ1v) is 4.78. The van der Waals surface area contributed by atoms with Crippen LogP contribution >= 0.6 is 0 Å². The summed E-state index contributed by atoms with van der Waals surface area (Å²) in [6.07, 6.45) is 8.41. The van der Waals surface area contributed by atoms with E-state index in [0.29, 0.717) is 6.10 Å². The van der Waals surface area contributed by atoms with Crippen molar-refractivity contribution in [3.8, 4) is 0 Å². The number of allylic oxidation sites excluding steroid dienone is 1. The van der Waals surface area contributed by atoms with Gasteiger partial charge in [0.2, 0.25) is 0 Å². The fraction of sp³-hybridized carbons (Fsp3) is 0.800. The van der Waals surface area contributed by atoms with Gasteiger partial charge in [0, 0.05) is 0 Å². The second-order valence-electron chi connectivity index (χ2n) is 3.11. The van der Waals surface area contributed by atoms with E-state index in [-0.39, 0.29) is 0 Å². The lowest BCUT2D eigenvalue weighted by molar-refractivity contribution is 0.141. The highest BCUT2D eigenvalue weighted by molar-refractivity contribution is 4.81. The first-order valence-electron chi connectivity index (χ1n) is 4.78. The molecule has 1 rings (SSSR count). The summed E-state index contributed by atoms with van der Waals surface area (Å²) in [5.74, 6) is 0. The van der Waals surface area contributed by atoms with Crippen LogP contribution in [0.3, 0.4) is 0 Å². The van der Waals surface area contributed by atoms with E-state index in [9.17, 15) is 0 Å². The topological polar surface area (TPSA) is 21.8 Å². The SMILES string of the molecule is CCCC/C=C/COCC1CO1. The first-order chi connectivity index (χ1) is 5.93. The molecule has 0 aromatic rings. The maximum Gasteiger partial charge on any atom is 0.104 e. The Labute approximate surface area is 74.6 Å². The Hall–Kier alpha value is -0.340. The second-order valence-corrected chi connectivity index (χ2v) is 3.11. The number of hydrogen-bond donors (Lipinski definition) is 0. The van der Waals surface area contributed by atoms with Crippen LogP contribution in [-0.4, -0.2) is 25.9 Å². The Kier molecular flexibility index (Phi) is 5.04. The lowest BCUT2D eigenvalue weighted by atomic mass is 10.2. The third kappa shape index (κ3) is 5.33. The monoisotopic (exact) mass is 170 g/mol. The van der Waals surface area contributed by atoms with Gasteiger partial charge in [0.15, 0.2) is 0 Å². The molecular weight excluding hydrogens is 152 g/mol. The average molecular weight is 170 g/mol. The fourth-order valence-electron chi connectivity index (χ4n) is 0.940. The smallest absolute Gasteiger partial charge is 0.104 e. The quantitative estimate of drug-likeness (QED) is 0.332. The molecule has 0 amide bonds. The third-order valence-electron chi connectivity index (χ3n) is 1.81. The van der Waals surface area contributed by atoms with Crippen molar-refractivity contribution in [2.24, 2.45) is 0 Å². The van der Waals surface area contributed by atoms with Crippen LogP contribution in [0.1, 0.15) is 26.2 Å². The average Bonchev–Trinajstić information content (AvgIpc) is 2.87. The molecular formula is C10H18O2. The third-order valence-corrected chi connectivity index (χ3v) is 1.81. The van der Waals surface area contributed by atoms with Crippen LogP contribution in [-0.2, 0) is 9.47 Å². The summed E-state index contributed by atoms with van der Waals surface area (Å²) in [7, 11) is 0. The van der Waals surface area contributed by atoms with E-state index in [1.165, 1.54) is 19.3 Å². The van der Waals surface area contributed by atoms with Crippen molar-refractivity contribution in [1.82, 2.24) is 0 Å². The Morgan fingerprint density at radius 3 is 3.00 bits per heavy atom. The largest absolute Gasteiger partial charge is 0.375 e. The molecule has 1 saturated heterocycles. The Bertz CT molecular complexity index is 128. The van der Waals surface area contributed by atoms with Gasteiger partial charge in [-0.15, -0.1) is 0 Å². The molecule has 0 aromatic heterocycles. The minimum absolute atomic E-state index is 0.397. The molecule has 1 fully saturated rings. The molecule has 0 aliphatic carbocycles. The van der Waals surface area contributed by atoms with Crippen molar-refractivity contribution in [2.75, 3.05) is 19.8 Å². The molecule has 0 bridgehead atoms. The zero-order valence-corrected chi connectivity index (χ0v) is 7.79. The van der Waals surface area contributed by atoms with Gasteiger partial charge in [-0.1, -0.05) is 31.9 Å². The van der Waals surface area contributed by atoms with Crippen LogP contribution in [0, 0.1) is 0 Å². The number of hydrogen-bond acceptors (Lipinski definition) is 2. The van der Waals surface area contributed by atoms with E-state index in [1.54, 1.807) is 0 Å². The zero-order chi connectivity index (χ0) is 8.65. The zero-order valence-electron chi connectivity index (χ0n) is 7.79. The molecule has 1 aliphatic rings. The van der Waals surface area contributed by atoms with Crippen LogP contribution in [0.15, 0.2) is 12.2 Å². The normalized spacial score (nSPS) is 21.9. The van der Waals surface area contributed by atoms with Crippen LogP contribution in [0.5, 0.6) is 0 Å². The highest BCUT2D eigenvalue weighted by Crippen LogP contribution is 2.08. The molecule has 2 heteroatoms. The van der Waals surface area contributed by atoms with Gasteiger partial charge in [0.25, 0.3) is 0 Å². The number of rotatable bonds is 7. The first kappa shape index (κ1) is 9.75. The van der Waals surface area contributed by atoms with Crippen molar-refractivity contribution in [2.45, 2.75) is 32.3 Å². The summed E-state index contributed by atoms with van der Waals surface area (Å²) >= 11 is 0. The van der Waals surface area contributed by atoms with Gasteiger partial charge in [0.05, 0.1) is 19.8 Å². The molecule has 0 aromatic carbocycles. The van der Waals surface area contributed by atoms with E-state index in [4.69, 9.17) is 9.47 Å². The van der Waals surface area contributed by atoms with Crippen LogP contribution in [0.4, 0.5) is 0 Å². The van der Waals surface area contributed by atoms with Crippen LogP contribution < -0.4 is 0 Å². The fourth-order valence-corrected chi connectivity index (χ4v) is 0.940. The molecule has 1 aliphatic heterocycles. The highest BCUT2D eigenvalue weighted by atomic mass is 16.6. The molecule has 0 N–H and O–H groups in total. The standard InChI is InChI=1S/C10H18O2/c1-2-3-4-5-6-7-11-8-10-9-12-10/h5-6,10H,2-4,7-9H2,1H3/b6-5+. The molecule has 0 radical (unpaired) electrons. The van der Waals surface area contributed by atoms with Gasteiger partial charge >= 0.3 is 0 Å². The predicted molar refractivity (Wildman–Crippen MR) is 49.2 cm³/mol. The molecule has 0 spiro atoms. The Balaban J connectivity index is 1.76. The maximum absolute atomic E-state index is 5.33. The summed E-state index contributed by atoms with van der Waals surface area (Å²) in [5.41, 5.74) is 0. The summed E-state index contributed by atoms with van der Waals surface area (Å²) in [6, 6.07) is 0. The van der Waals surface area contributed by atoms with Crippen molar-refractivity contribution >= 4 is 0 Å². The molecule has 1 unspecified atom stereocenters. The maximum atomic E-state index is 5.33. The molecule has 1 heterocycles. The number of unbranched alkanes of at least 4 members (excludes halogenated alkanes) is 2. The van der Waals surface area contributed by atoms with Crippen molar-refractivity contribution in [3.63, 3.8) is 0 Å². The summed E-state index contributed by atoms with van der Waals surface area (Å²) in [5, 5.41) is 0. The van der Waals surface area contributed by atoms with Gasteiger partial charge in [-0.3, -0.25) is 0 Å². The molecule has 12 heavy (non-hydrogen) atoms. The summed E-state index contributed by atoms with van der Waals surface area (Å²) < 4.78 is 10.3. The van der Waals surface area contributed by atoms with Crippen molar-refractivity contribution < 1.29 is 9.47 Å². The van der Waals surface area contributed by atoms with Crippen LogP contribution in [0.2, 0.25) is 0 Å². The van der Waals surface area contributed by atoms with E-state index < -0.39 is 0 Å². The van der Waals surface area contributed by atoms with Gasteiger partial charge in [0.1, 0.15) is 6.10 Å². The van der Waals surface area contributed by atoms with Crippen molar-refractivity contribution in [3.05, 3.63) is 12.2 Å². The van der Waals surface area contributed by atoms with Gasteiger partial charge in [-0.25, -0.2) is 0 Å². The van der Waals surface area contributed by atoms with Gasteiger partial charge in [-0.2, -0.15) is 0 Å². The van der Waals surface area contributed by atoms with E-state index in [2.05, 4.69) is 19.1 Å². The van der Waals surface area contributed by atoms with Crippen LogP contribution in [0.25, 0.3) is 0 Å². The van der Waals surface area contributed by atoms with Gasteiger partial charge in [-0.05, 0) is 6.42 Å². The molecule has 0 saturated carbocycles. The Morgan fingerprint density at radius 1 is 1.50 bits per heavy atom. The predicted octanol–water partition coefficient (Wildman–Crippen LogP) is 2.15. The van der Waals surface area contributed by atoms with E-state index in [1.807, 2.05) is 0 Å². The van der Waals surface area contributed by atoms with Gasteiger partial charge < -0.3 is 9.47 Å². The second kappa shape index (κ2) is 6.21. The molecule has 70 valence electrons.